The molecule has 0 unspecified atom stereocenters. The van der Waals surface area contributed by atoms with Crippen molar-refractivity contribution in [3.05, 3.63) is 65.4 Å². The van der Waals surface area contributed by atoms with Crippen molar-refractivity contribution >= 4 is 17.6 Å². The number of rotatable bonds is 1. The van der Waals surface area contributed by atoms with Crippen LogP contribution < -0.4 is 14.4 Å². The van der Waals surface area contributed by atoms with Gasteiger partial charge in [0.05, 0.1) is 37.4 Å². The molecule has 1 amide bonds. The van der Waals surface area contributed by atoms with Gasteiger partial charge in [0.15, 0.2) is 23.0 Å². The van der Waals surface area contributed by atoms with E-state index in [0.717, 1.165) is 6.20 Å². The van der Waals surface area contributed by atoms with Gasteiger partial charge in [-0.15, -0.1) is 10.2 Å². The Morgan fingerprint density at radius 2 is 1.84 bits per heavy atom. The van der Waals surface area contributed by atoms with Crippen molar-refractivity contribution in [3.8, 4) is 22.8 Å². The molecule has 196 valence electrons. The highest BCUT2D eigenvalue weighted by atomic mass is 19.1. The molecule has 0 fully saturated rings. The number of hydrogen-bond acceptors (Lipinski definition) is 7. The molecule has 2 aliphatic heterocycles. The molecule has 9 nitrogen and oxygen atoms in total. The maximum atomic E-state index is 15.3. The van der Waals surface area contributed by atoms with Gasteiger partial charge in [-0.25, -0.2) is 22.9 Å². The fourth-order valence-corrected chi connectivity index (χ4v) is 4.76. The van der Waals surface area contributed by atoms with E-state index in [0.29, 0.717) is 17.4 Å². The minimum atomic E-state index is -0.912. The molecule has 1 atom stereocenters. The smallest absolute Gasteiger partial charge is 0.416 e. The molecule has 2 aliphatic rings. The molecule has 0 saturated carbocycles. The Bertz CT molecular complexity index is 1600. The van der Waals surface area contributed by atoms with Gasteiger partial charge in [-0.2, -0.15) is 0 Å². The molecule has 6 rings (SSSR count). The van der Waals surface area contributed by atoms with E-state index in [2.05, 4.69) is 15.2 Å². The van der Waals surface area contributed by atoms with Gasteiger partial charge in [0.25, 0.3) is 0 Å². The van der Waals surface area contributed by atoms with E-state index in [1.165, 1.54) is 27.8 Å². The van der Waals surface area contributed by atoms with Gasteiger partial charge in [-0.05, 0) is 39.0 Å². The average molecular weight is 525 g/mol. The Balaban J connectivity index is 1.61. The number of benzene rings is 1. The fourth-order valence-electron chi connectivity index (χ4n) is 4.76. The van der Waals surface area contributed by atoms with Crippen molar-refractivity contribution in [2.45, 2.75) is 38.8 Å². The van der Waals surface area contributed by atoms with Crippen LogP contribution in [-0.2, 0) is 11.3 Å². The summed E-state index contributed by atoms with van der Waals surface area (Å²) in [6.07, 6.45) is 1.43. The summed E-state index contributed by atoms with van der Waals surface area (Å²) in [5.74, 6) is -1.78. The number of hydrogen-bond donors (Lipinski definition) is 0. The largest absolute Gasteiger partial charge is 0.493 e. The van der Waals surface area contributed by atoms with Crippen LogP contribution in [0.1, 0.15) is 37.8 Å². The van der Waals surface area contributed by atoms with E-state index in [4.69, 9.17) is 14.2 Å². The number of aromatic nitrogens is 4. The van der Waals surface area contributed by atoms with Gasteiger partial charge >= 0.3 is 6.09 Å². The average Bonchev–Trinajstić information content (AvgIpc) is 3.49. The van der Waals surface area contributed by atoms with Crippen LogP contribution in [0.2, 0.25) is 0 Å². The lowest BCUT2D eigenvalue weighted by molar-refractivity contribution is 0.0574. The van der Waals surface area contributed by atoms with Crippen LogP contribution in [0.15, 0.2) is 36.8 Å². The van der Waals surface area contributed by atoms with Gasteiger partial charge in [0.1, 0.15) is 35.0 Å². The highest BCUT2D eigenvalue weighted by molar-refractivity contribution is 5.91. The van der Waals surface area contributed by atoms with Crippen LogP contribution >= 0.6 is 0 Å². The van der Waals surface area contributed by atoms with Gasteiger partial charge in [0.2, 0.25) is 0 Å². The first-order chi connectivity index (χ1) is 18.1. The topological polar surface area (TPSA) is 91.1 Å². The Morgan fingerprint density at radius 1 is 1.08 bits per heavy atom. The van der Waals surface area contributed by atoms with Crippen molar-refractivity contribution in [3.63, 3.8) is 0 Å². The zero-order valence-corrected chi connectivity index (χ0v) is 20.7. The number of fused-ring (bicyclic) bond motifs is 3. The Labute approximate surface area is 214 Å². The minimum Gasteiger partial charge on any atom is -0.493 e. The third-order valence-electron chi connectivity index (χ3n) is 6.31. The standard InChI is InChI=1S/C26H22F3N5O4/c1-26(2,3)38-25(35)33-9-16-17(28)4-5-19-21(16)13(10-36-19)11-37-20-7-15(22-18(29)6-14(27)8-30-22)23-32-31-12-34(23)24(20)33/h4-8,12-13H,9-11H2,1-3H3/t13-/m1/s1. The molecule has 3 aromatic heterocycles. The summed E-state index contributed by atoms with van der Waals surface area (Å²) in [5, 5.41) is 8.05. The lowest BCUT2D eigenvalue weighted by Gasteiger charge is -2.29. The molecular formula is C26H22F3N5O4. The van der Waals surface area contributed by atoms with Crippen LogP contribution in [0, 0.1) is 17.5 Å². The van der Waals surface area contributed by atoms with E-state index < -0.39 is 29.1 Å². The summed E-state index contributed by atoms with van der Waals surface area (Å²) in [4.78, 5) is 18.7. The molecule has 0 radical (unpaired) electrons. The molecular weight excluding hydrogens is 503 g/mol. The van der Waals surface area contributed by atoms with Crippen LogP contribution in [0.5, 0.6) is 11.5 Å². The monoisotopic (exact) mass is 525 g/mol. The van der Waals surface area contributed by atoms with E-state index >= 15 is 4.39 Å². The highest BCUT2D eigenvalue weighted by Crippen LogP contribution is 2.44. The molecule has 38 heavy (non-hydrogen) atoms. The van der Waals surface area contributed by atoms with E-state index in [9.17, 15) is 13.6 Å². The van der Waals surface area contributed by atoms with Crippen molar-refractivity contribution in [1.29, 1.82) is 0 Å². The molecule has 0 bridgehead atoms. The number of carbonyl (C=O) groups is 1. The molecule has 0 aliphatic carbocycles. The third kappa shape index (κ3) is 3.96. The van der Waals surface area contributed by atoms with Crippen molar-refractivity contribution in [1.82, 2.24) is 19.6 Å². The number of amides is 1. The number of halogens is 3. The Hall–Kier alpha value is -4.35. The second kappa shape index (κ2) is 8.61. The maximum Gasteiger partial charge on any atom is 0.416 e. The Morgan fingerprint density at radius 3 is 2.58 bits per heavy atom. The molecule has 1 aromatic carbocycles. The fraction of sp³-hybridized carbons (Fsp3) is 0.308. The minimum absolute atomic E-state index is 0.0744. The number of pyridine rings is 2. The first-order valence-corrected chi connectivity index (χ1v) is 11.9. The number of anilines is 1. The molecule has 0 spiro atoms. The summed E-state index contributed by atoms with van der Waals surface area (Å²) < 4.78 is 62.8. The summed E-state index contributed by atoms with van der Waals surface area (Å²) >= 11 is 0. The van der Waals surface area contributed by atoms with Crippen LogP contribution in [-0.4, -0.2) is 44.5 Å². The summed E-state index contributed by atoms with van der Waals surface area (Å²) in [6, 6.07) is 5.02. The first-order valence-electron chi connectivity index (χ1n) is 11.9. The first kappa shape index (κ1) is 24.0. The molecule has 0 N–H and O–H groups in total. The molecule has 5 heterocycles. The summed E-state index contributed by atoms with van der Waals surface area (Å²) in [5.41, 5.74) is 0.114. The lowest BCUT2D eigenvalue weighted by atomic mass is 9.95. The second-order valence-corrected chi connectivity index (χ2v) is 10.1. The third-order valence-corrected chi connectivity index (χ3v) is 6.31. The number of nitrogens with zero attached hydrogens (tertiary/aromatic N) is 5. The summed E-state index contributed by atoms with van der Waals surface area (Å²) in [7, 11) is 0. The van der Waals surface area contributed by atoms with Crippen molar-refractivity contribution in [2.75, 3.05) is 18.1 Å². The zero-order chi connectivity index (χ0) is 26.8. The van der Waals surface area contributed by atoms with E-state index in [1.807, 2.05) is 0 Å². The van der Waals surface area contributed by atoms with E-state index in [1.54, 1.807) is 26.8 Å². The molecule has 4 aromatic rings. The summed E-state index contributed by atoms with van der Waals surface area (Å²) in [6.45, 7) is 5.25. The second-order valence-electron chi connectivity index (χ2n) is 10.1. The number of carbonyl (C=O) groups excluding carboxylic acids is 1. The van der Waals surface area contributed by atoms with E-state index in [-0.39, 0.29) is 59.7 Å². The lowest BCUT2D eigenvalue weighted by Crippen LogP contribution is -2.38. The van der Waals surface area contributed by atoms with Crippen LogP contribution in [0.25, 0.3) is 16.9 Å². The molecule has 0 saturated heterocycles. The normalized spacial score (nSPS) is 16.6. The van der Waals surface area contributed by atoms with Crippen LogP contribution in [0.3, 0.4) is 0 Å². The maximum absolute atomic E-state index is 15.3. The van der Waals surface area contributed by atoms with Gasteiger partial charge < -0.3 is 14.2 Å². The predicted molar refractivity (Wildman–Crippen MR) is 129 cm³/mol. The molecule has 12 heteroatoms. The van der Waals surface area contributed by atoms with Crippen molar-refractivity contribution in [2.24, 2.45) is 0 Å². The zero-order valence-electron chi connectivity index (χ0n) is 20.7. The predicted octanol–water partition coefficient (Wildman–Crippen LogP) is 5.02. The number of ether oxygens (including phenoxy) is 3. The SMILES string of the molecule is CC(C)(C)OC(=O)N1Cc2c(F)ccc3c2[C@H](CO3)COc2cc(-c3ncc(F)cc3F)c3nncn3c21. The van der Waals surface area contributed by atoms with Crippen molar-refractivity contribution < 1.29 is 32.2 Å². The quantitative estimate of drug-likeness (QED) is 0.345. The van der Waals surface area contributed by atoms with Gasteiger partial charge in [-0.3, -0.25) is 9.30 Å². The highest BCUT2D eigenvalue weighted by Gasteiger charge is 2.37. The van der Waals surface area contributed by atoms with Gasteiger partial charge in [0, 0.05) is 17.2 Å². The van der Waals surface area contributed by atoms with Gasteiger partial charge in [-0.1, -0.05) is 0 Å². The van der Waals surface area contributed by atoms with Crippen LogP contribution in [0.4, 0.5) is 23.8 Å². The Kier molecular flexibility index (Phi) is 5.44.